The number of hydrogen-bond donors (Lipinski definition) is 0. The van der Waals surface area contributed by atoms with E-state index in [1.807, 2.05) is 32.0 Å². The molecule has 3 rings (SSSR count). The molecular weight excluding hydrogens is 340 g/mol. The summed E-state index contributed by atoms with van der Waals surface area (Å²) >= 11 is 0. The quantitative estimate of drug-likeness (QED) is 0.475. The Labute approximate surface area is 158 Å². The summed E-state index contributed by atoms with van der Waals surface area (Å²) in [7, 11) is 0. The van der Waals surface area contributed by atoms with Crippen LogP contribution in [0, 0.1) is 6.92 Å². The van der Waals surface area contributed by atoms with Crippen LogP contribution in [0.4, 0.5) is 0 Å². The molecule has 0 amide bonds. The minimum Gasteiger partial charge on any atom is -0.423 e. The maximum absolute atomic E-state index is 12.4. The third-order valence-corrected chi connectivity index (χ3v) is 4.16. The smallest absolute Gasteiger partial charge is 0.343 e. The zero-order valence-corrected chi connectivity index (χ0v) is 15.3. The van der Waals surface area contributed by atoms with Crippen LogP contribution < -0.4 is 9.47 Å². The van der Waals surface area contributed by atoms with Crippen molar-refractivity contribution < 1.29 is 19.1 Å². The molecule has 4 nitrogen and oxygen atoms in total. The first kappa shape index (κ1) is 18.4. The van der Waals surface area contributed by atoms with Crippen molar-refractivity contribution in [3.05, 3.63) is 95.1 Å². The second-order valence-electron chi connectivity index (χ2n) is 6.09. The third-order valence-electron chi connectivity index (χ3n) is 4.16. The van der Waals surface area contributed by atoms with Crippen LogP contribution in [0.2, 0.25) is 0 Å². The molecule has 4 heteroatoms. The fourth-order valence-electron chi connectivity index (χ4n) is 2.68. The van der Waals surface area contributed by atoms with E-state index in [4.69, 9.17) is 9.47 Å². The van der Waals surface area contributed by atoms with E-state index in [1.54, 1.807) is 54.6 Å². The first-order valence-electron chi connectivity index (χ1n) is 8.76. The minimum absolute atomic E-state index is 0.372. The van der Waals surface area contributed by atoms with Crippen LogP contribution in [-0.4, -0.2) is 11.9 Å². The number of carbonyl (C=O) groups is 2. The monoisotopic (exact) mass is 360 g/mol. The van der Waals surface area contributed by atoms with Crippen LogP contribution in [0.25, 0.3) is 0 Å². The van der Waals surface area contributed by atoms with Gasteiger partial charge in [-0.05, 0) is 54.8 Å². The summed E-state index contributed by atoms with van der Waals surface area (Å²) < 4.78 is 11.1. The molecule has 0 N–H and O–H groups in total. The Bertz CT molecular complexity index is 947. The molecule has 0 fully saturated rings. The van der Waals surface area contributed by atoms with Gasteiger partial charge in [0.2, 0.25) is 0 Å². The van der Waals surface area contributed by atoms with Gasteiger partial charge < -0.3 is 9.47 Å². The molecule has 0 aromatic heterocycles. The van der Waals surface area contributed by atoms with E-state index >= 15 is 0 Å². The lowest BCUT2D eigenvalue weighted by molar-refractivity contribution is 0.0731. The van der Waals surface area contributed by atoms with Gasteiger partial charge in [-0.2, -0.15) is 0 Å². The Balaban J connectivity index is 1.87. The zero-order valence-electron chi connectivity index (χ0n) is 15.3. The van der Waals surface area contributed by atoms with Crippen LogP contribution in [0.5, 0.6) is 11.5 Å². The molecule has 0 aliphatic heterocycles. The van der Waals surface area contributed by atoms with Gasteiger partial charge in [0.25, 0.3) is 0 Å². The van der Waals surface area contributed by atoms with E-state index in [0.29, 0.717) is 29.0 Å². The largest absolute Gasteiger partial charge is 0.423 e. The van der Waals surface area contributed by atoms with Crippen molar-refractivity contribution in [2.45, 2.75) is 20.3 Å². The lowest BCUT2D eigenvalue weighted by Gasteiger charge is -2.14. The van der Waals surface area contributed by atoms with E-state index in [0.717, 1.165) is 11.1 Å². The van der Waals surface area contributed by atoms with Gasteiger partial charge in [-0.25, -0.2) is 9.59 Å². The second kappa shape index (κ2) is 8.32. The van der Waals surface area contributed by atoms with E-state index in [1.165, 1.54) is 0 Å². The standard InChI is InChI=1S/C23H20O4/c1-3-17-14-16(2)20(26-22(24)18-10-6-4-7-11-18)15-21(17)27-23(25)19-12-8-5-9-13-19/h4-15H,3H2,1-2H3. The molecule has 0 saturated carbocycles. The Hall–Kier alpha value is -3.40. The number of esters is 2. The van der Waals surface area contributed by atoms with Crippen molar-refractivity contribution in [2.24, 2.45) is 0 Å². The van der Waals surface area contributed by atoms with Gasteiger partial charge in [-0.3, -0.25) is 0 Å². The summed E-state index contributed by atoms with van der Waals surface area (Å²) in [5.74, 6) is -0.137. The summed E-state index contributed by atoms with van der Waals surface area (Å²) in [6.07, 6.45) is 0.686. The summed E-state index contributed by atoms with van der Waals surface area (Å²) in [5, 5.41) is 0. The van der Waals surface area contributed by atoms with Gasteiger partial charge >= 0.3 is 11.9 Å². The highest BCUT2D eigenvalue weighted by Crippen LogP contribution is 2.30. The Kier molecular flexibility index (Phi) is 5.67. The van der Waals surface area contributed by atoms with Gasteiger partial charge in [-0.1, -0.05) is 43.3 Å². The number of rotatable bonds is 5. The van der Waals surface area contributed by atoms with Crippen molar-refractivity contribution in [3.8, 4) is 11.5 Å². The highest BCUT2D eigenvalue weighted by atomic mass is 16.5. The SMILES string of the molecule is CCc1cc(C)c(OC(=O)c2ccccc2)cc1OC(=O)c1ccccc1. The summed E-state index contributed by atoms with van der Waals surface area (Å²) in [4.78, 5) is 24.7. The van der Waals surface area contributed by atoms with Crippen molar-refractivity contribution in [2.75, 3.05) is 0 Å². The molecule has 0 radical (unpaired) electrons. The van der Waals surface area contributed by atoms with Crippen molar-refractivity contribution >= 4 is 11.9 Å². The summed E-state index contributed by atoms with van der Waals surface area (Å²) in [5.41, 5.74) is 2.59. The molecule has 3 aromatic carbocycles. The Morgan fingerprint density at radius 3 is 1.70 bits per heavy atom. The maximum Gasteiger partial charge on any atom is 0.343 e. The number of benzene rings is 3. The van der Waals surface area contributed by atoms with Gasteiger partial charge in [0, 0.05) is 6.07 Å². The number of carbonyl (C=O) groups excluding carboxylic acids is 2. The van der Waals surface area contributed by atoms with Crippen LogP contribution in [0.15, 0.2) is 72.8 Å². The molecular formula is C23H20O4. The highest BCUT2D eigenvalue weighted by molar-refractivity contribution is 5.92. The third kappa shape index (κ3) is 4.42. The average Bonchev–Trinajstić information content (AvgIpc) is 2.71. The van der Waals surface area contributed by atoms with Crippen molar-refractivity contribution in [3.63, 3.8) is 0 Å². The molecule has 0 spiro atoms. The normalized spacial score (nSPS) is 10.3. The molecule has 0 unspecified atom stereocenters. The van der Waals surface area contributed by atoms with Gasteiger partial charge in [0.05, 0.1) is 11.1 Å². The molecule has 136 valence electrons. The molecule has 0 saturated heterocycles. The topological polar surface area (TPSA) is 52.6 Å². The Morgan fingerprint density at radius 2 is 1.22 bits per heavy atom. The van der Waals surface area contributed by atoms with E-state index in [-0.39, 0.29) is 0 Å². The second-order valence-corrected chi connectivity index (χ2v) is 6.09. The molecule has 0 aliphatic carbocycles. The first-order chi connectivity index (χ1) is 13.1. The molecule has 0 atom stereocenters. The van der Waals surface area contributed by atoms with E-state index in [2.05, 4.69) is 0 Å². The zero-order chi connectivity index (χ0) is 19.2. The average molecular weight is 360 g/mol. The molecule has 3 aromatic rings. The summed E-state index contributed by atoms with van der Waals surface area (Å²) in [6, 6.07) is 21.0. The summed E-state index contributed by atoms with van der Waals surface area (Å²) in [6.45, 7) is 3.83. The lowest BCUT2D eigenvalue weighted by Crippen LogP contribution is -2.12. The van der Waals surface area contributed by atoms with E-state index in [9.17, 15) is 9.59 Å². The maximum atomic E-state index is 12.4. The van der Waals surface area contributed by atoms with Crippen LogP contribution in [0.1, 0.15) is 38.8 Å². The first-order valence-corrected chi connectivity index (χ1v) is 8.76. The molecule has 0 aliphatic rings. The van der Waals surface area contributed by atoms with Crippen LogP contribution >= 0.6 is 0 Å². The van der Waals surface area contributed by atoms with Crippen LogP contribution in [0.3, 0.4) is 0 Å². The van der Waals surface area contributed by atoms with Crippen molar-refractivity contribution in [1.29, 1.82) is 0 Å². The molecule has 0 bridgehead atoms. The number of ether oxygens (including phenoxy) is 2. The van der Waals surface area contributed by atoms with Crippen LogP contribution in [-0.2, 0) is 6.42 Å². The van der Waals surface area contributed by atoms with Gasteiger partial charge in [0.1, 0.15) is 11.5 Å². The molecule has 0 heterocycles. The lowest BCUT2D eigenvalue weighted by atomic mass is 10.1. The van der Waals surface area contributed by atoms with Gasteiger partial charge in [-0.15, -0.1) is 0 Å². The fraction of sp³-hybridized carbons (Fsp3) is 0.130. The van der Waals surface area contributed by atoms with E-state index < -0.39 is 11.9 Å². The number of hydrogen-bond acceptors (Lipinski definition) is 4. The van der Waals surface area contributed by atoms with Crippen molar-refractivity contribution in [1.82, 2.24) is 0 Å². The number of aryl methyl sites for hydroxylation is 2. The predicted molar refractivity (Wildman–Crippen MR) is 103 cm³/mol. The van der Waals surface area contributed by atoms with Gasteiger partial charge in [0.15, 0.2) is 0 Å². The predicted octanol–water partition coefficient (Wildman–Crippen LogP) is 5.00. The Morgan fingerprint density at radius 1 is 0.741 bits per heavy atom. The molecule has 27 heavy (non-hydrogen) atoms. The fourth-order valence-corrected chi connectivity index (χ4v) is 2.68. The minimum atomic E-state index is -0.455. The highest BCUT2D eigenvalue weighted by Gasteiger charge is 2.16.